The maximum absolute atomic E-state index is 12.9. The van der Waals surface area contributed by atoms with Gasteiger partial charge in [0.2, 0.25) is 0 Å². The number of allylic oxidation sites excluding steroid dienone is 4. The van der Waals surface area contributed by atoms with Crippen molar-refractivity contribution in [1.82, 2.24) is 0 Å². The van der Waals surface area contributed by atoms with Gasteiger partial charge in [0.25, 0.3) is 0 Å². The molecular formula is C23H26N2O2. The van der Waals surface area contributed by atoms with Crippen LogP contribution in [0.4, 0.5) is 5.69 Å². The van der Waals surface area contributed by atoms with Crippen LogP contribution in [-0.4, -0.2) is 22.7 Å². The molecular weight excluding hydrogens is 336 g/mol. The standard InChI is InChI=1S/C23H26N2O2/c1-15-14-19-20(16(2)23(11-12-23)22(3,27)21(19)26)18(15)10-7-13-24-25-17-8-5-4-6-9-17/h4-6,8-9,13-14,25,27H,7,10-12H2,1-3H3/t22-/m0/s1. The van der Waals surface area contributed by atoms with Crippen LogP contribution in [0.3, 0.4) is 0 Å². The first kappa shape index (κ1) is 17.9. The second-order valence-corrected chi connectivity index (χ2v) is 8.03. The number of fused-ring (bicyclic) bond motifs is 1. The van der Waals surface area contributed by atoms with Crippen LogP contribution in [0.1, 0.15) is 46.5 Å². The van der Waals surface area contributed by atoms with Gasteiger partial charge in [-0.05, 0) is 81.4 Å². The monoisotopic (exact) mass is 362 g/mol. The lowest BCUT2D eigenvalue weighted by Crippen LogP contribution is -2.49. The van der Waals surface area contributed by atoms with Crippen LogP contribution in [0.5, 0.6) is 0 Å². The number of ketones is 1. The number of hydrogen-bond donors (Lipinski definition) is 2. The van der Waals surface area contributed by atoms with Crippen molar-refractivity contribution in [2.45, 2.75) is 52.1 Å². The molecule has 1 atom stereocenters. The van der Waals surface area contributed by atoms with E-state index in [9.17, 15) is 9.90 Å². The minimum Gasteiger partial charge on any atom is -0.381 e. The summed E-state index contributed by atoms with van der Waals surface area (Å²) in [5, 5.41) is 15.2. The summed E-state index contributed by atoms with van der Waals surface area (Å²) in [6.07, 6.45) is 7.26. The maximum Gasteiger partial charge on any atom is 0.195 e. The first-order valence-electron chi connectivity index (χ1n) is 9.62. The molecule has 3 aliphatic rings. The van der Waals surface area contributed by atoms with Gasteiger partial charge in [-0.2, -0.15) is 5.10 Å². The summed E-state index contributed by atoms with van der Waals surface area (Å²) >= 11 is 0. The normalized spacial score (nSPS) is 26.1. The Kier molecular flexibility index (Phi) is 4.19. The summed E-state index contributed by atoms with van der Waals surface area (Å²) in [5.41, 5.74) is 7.69. The summed E-state index contributed by atoms with van der Waals surface area (Å²) in [7, 11) is 0. The first-order valence-corrected chi connectivity index (χ1v) is 9.62. The Bertz CT molecular complexity index is 913. The van der Waals surface area contributed by atoms with Gasteiger partial charge in [0.15, 0.2) is 5.78 Å². The van der Waals surface area contributed by atoms with E-state index in [4.69, 9.17) is 0 Å². The van der Waals surface area contributed by atoms with Crippen molar-refractivity contribution in [1.29, 1.82) is 0 Å². The molecule has 0 aliphatic heterocycles. The highest BCUT2D eigenvalue weighted by Gasteiger charge is 2.64. The van der Waals surface area contributed by atoms with E-state index < -0.39 is 5.60 Å². The maximum atomic E-state index is 12.9. The number of aliphatic hydroxyl groups is 1. The number of benzene rings is 1. The highest BCUT2D eigenvalue weighted by atomic mass is 16.3. The van der Waals surface area contributed by atoms with Crippen LogP contribution in [0.15, 0.2) is 69.4 Å². The van der Waals surface area contributed by atoms with Gasteiger partial charge in [-0.3, -0.25) is 10.2 Å². The highest BCUT2D eigenvalue weighted by molar-refractivity contribution is 6.10. The Morgan fingerprint density at radius 1 is 1.22 bits per heavy atom. The van der Waals surface area contributed by atoms with Gasteiger partial charge < -0.3 is 5.11 Å². The molecule has 3 aliphatic carbocycles. The van der Waals surface area contributed by atoms with Gasteiger partial charge in [0.1, 0.15) is 5.60 Å². The minimum absolute atomic E-state index is 0.116. The summed E-state index contributed by atoms with van der Waals surface area (Å²) in [6, 6.07) is 9.85. The third-order valence-corrected chi connectivity index (χ3v) is 6.45. The smallest absolute Gasteiger partial charge is 0.195 e. The molecule has 0 saturated heterocycles. The van der Waals surface area contributed by atoms with Crippen molar-refractivity contribution in [3.63, 3.8) is 0 Å². The topological polar surface area (TPSA) is 61.7 Å². The molecule has 0 aromatic heterocycles. The zero-order valence-electron chi connectivity index (χ0n) is 16.2. The number of nitrogens with one attached hydrogen (secondary N) is 1. The molecule has 0 heterocycles. The quantitative estimate of drug-likeness (QED) is 0.597. The number of nitrogens with zero attached hydrogens (tertiary/aromatic N) is 1. The second kappa shape index (κ2) is 6.31. The molecule has 2 N–H and O–H groups in total. The van der Waals surface area contributed by atoms with Crippen LogP contribution in [0.2, 0.25) is 0 Å². The van der Waals surface area contributed by atoms with Crippen LogP contribution >= 0.6 is 0 Å². The van der Waals surface area contributed by atoms with E-state index in [1.165, 1.54) is 11.1 Å². The lowest BCUT2D eigenvalue weighted by molar-refractivity contribution is -0.137. The van der Waals surface area contributed by atoms with Crippen LogP contribution in [0, 0.1) is 5.41 Å². The average Bonchev–Trinajstić information content (AvgIpc) is 3.41. The van der Waals surface area contributed by atoms with E-state index in [-0.39, 0.29) is 11.2 Å². The number of para-hydroxylation sites is 1. The third kappa shape index (κ3) is 2.71. The predicted molar refractivity (Wildman–Crippen MR) is 109 cm³/mol. The largest absolute Gasteiger partial charge is 0.381 e. The average molecular weight is 362 g/mol. The zero-order chi connectivity index (χ0) is 19.2. The fourth-order valence-corrected chi connectivity index (χ4v) is 4.64. The molecule has 4 rings (SSSR count). The highest BCUT2D eigenvalue weighted by Crippen LogP contribution is 2.65. The Balaban J connectivity index is 1.50. The molecule has 1 spiro atoms. The predicted octanol–water partition coefficient (Wildman–Crippen LogP) is 4.55. The van der Waals surface area contributed by atoms with Gasteiger partial charge in [-0.15, -0.1) is 0 Å². The first-order chi connectivity index (χ1) is 12.9. The van der Waals surface area contributed by atoms with E-state index in [1.807, 2.05) is 42.6 Å². The molecule has 140 valence electrons. The Morgan fingerprint density at radius 3 is 2.59 bits per heavy atom. The molecule has 0 bridgehead atoms. The van der Waals surface area contributed by atoms with Gasteiger partial charge in [-0.25, -0.2) is 0 Å². The molecule has 1 aromatic carbocycles. The van der Waals surface area contributed by atoms with Crippen LogP contribution < -0.4 is 5.43 Å². The van der Waals surface area contributed by atoms with Crippen LogP contribution in [0.25, 0.3) is 0 Å². The van der Waals surface area contributed by atoms with Crippen molar-refractivity contribution < 1.29 is 9.90 Å². The summed E-state index contributed by atoms with van der Waals surface area (Å²) in [5.74, 6) is -0.116. The third-order valence-electron chi connectivity index (χ3n) is 6.45. The van der Waals surface area contributed by atoms with Crippen molar-refractivity contribution in [2.75, 3.05) is 5.43 Å². The Morgan fingerprint density at radius 2 is 1.93 bits per heavy atom. The van der Waals surface area contributed by atoms with Crippen molar-refractivity contribution in [3.05, 3.63) is 64.3 Å². The van der Waals surface area contributed by atoms with Crippen molar-refractivity contribution in [3.8, 4) is 0 Å². The van der Waals surface area contributed by atoms with E-state index in [1.54, 1.807) is 6.92 Å². The van der Waals surface area contributed by atoms with Crippen LogP contribution in [-0.2, 0) is 4.79 Å². The number of hydrazone groups is 1. The number of carbonyl (C=O) groups is 1. The molecule has 0 amide bonds. The van der Waals surface area contributed by atoms with E-state index >= 15 is 0 Å². The van der Waals surface area contributed by atoms with Gasteiger partial charge in [0, 0.05) is 17.2 Å². The number of Topliss-reactive ketones (excluding diaryl/α,β-unsaturated/α-hetero) is 1. The summed E-state index contributed by atoms with van der Waals surface area (Å²) in [4.78, 5) is 12.9. The molecule has 1 fully saturated rings. The second-order valence-electron chi connectivity index (χ2n) is 8.03. The van der Waals surface area contributed by atoms with E-state index in [2.05, 4.69) is 24.4 Å². The molecule has 27 heavy (non-hydrogen) atoms. The fourth-order valence-electron chi connectivity index (χ4n) is 4.64. The van der Waals surface area contributed by atoms with E-state index in [0.717, 1.165) is 42.5 Å². The van der Waals surface area contributed by atoms with Gasteiger partial charge in [0.05, 0.1) is 5.69 Å². The summed E-state index contributed by atoms with van der Waals surface area (Å²) < 4.78 is 0. The lowest BCUT2D eigenvalue weighted by Gasteiger charge is -2.39. The molecule has 4 heteroatoms. The number of hydrogen-bond acceptors (Lipinski definition) is 4. The van der Waals surface area contributed by atoms with Gasteiger partial charge in [-0.1, -0.05) is 23.8 Å². The molecule has 1 saturated carbocycles. The molecule has 4 nitrogen and oxygen atoms in total. The Hall–Kier alpha value is -2.46. The number of rotatable bonds is 5. The molecule has 0 unspecified atom stereocenters. The van der Waals surface area contributed by atoms with Gasteiger partial charge >= 0.3 is 0 Å². The molecule has 1 aromatic rings. The molecule has 0 radical (unpaired) electrons. The Labute approximate surface area is 160 Å². The van der Waals surface area contributed by atoms with Crippen molar-refractivity contribution in [2.24, 2.45) is 10.5 Å². The fraction of sp³-hybridized carbons (Fsp3) is 0.391. The lowest BCUT2D eigenvalue weighted by atomic mass is 9.67. The number of carbonyl (C=O) groups excluding carboxylic acids is 1. The minimum atomic E-state index is -1.27. The number of anilines is 1. The van der Waals surface area contributed by atoms with E-state index in [0.29, 0.717) is 5.57 Å². The zero-order valence-corrected chi connectivity index (χ0v) is 16.2. The van der Waals surface area contributed by atoms with Crippen molar-refractivity contribution >= 4 is 17.7 Å². The summed E-state index contributed by atoms with van der Waals surface area (Å²) in [6.45, 7) is 5.85. The SMILES string of the molecule is CC1=C(CCC=NNc2ccccc2)C2=C(C)C3(CC3)[C@@](C)(O)C(=O)C2=C1.